The van der Waals surface area contributed by atoms with Crippen molar-refractivity contribution in [1.29, 1.82) is 0 Å². The van der Waals surface area contributed by atoms with Crippen LogP contribution in [0.3, 0.4) is 0 Å². The maximum Gasteiger partial charge on any atom is 0.587 e. The lowest BCUT2D eigenvalue weighted by molar-refractivity contribution is 0.205. The molecule has 0 radical (unpaired) electrons. The number of phosphoric acid groups is 2. The topological polar surface area (TPSA) is 136 Å². The zero-order valence-corrected chi connectivity index (χ0v) is 24.8. The summed E-state index contributed by atoms with van der Waals surface area (Å²) in [6.45, 7) is 2.49. The van der Waals surface area contributed by atoms with Crippen molar-refractivity contribution in [3.8, 4) is 23.0 Å². The third-order valence-electron chi connectivity index (χ3n) is 5.10. The third kappa shape index (κ3) is 13.6. The molecule has 0 heterocycles. The minimum absolute atomic E-state index is 0. The van der Waals surface area contributed by atoms with E-state index in [0.717, 1.165) is 25.7 Å². The Morgan fingerprint density at radius 1 is 0.537 bits per heavy atom. The van der Waals surface area contributed by atoms with Crippen LogP contribution in [0.1, 0.15) is 32.6 Å². The predicted molar refractivity (Wildman–Crippen MR) is 161 cm³/mol. The van der Waals surface area contributed by atoms with Gasteiger partial charge < -0.3 is 24.2 Å². The fraction of sp³-hybridized carbons (Fsp3) is 0.200. The average molecular weight is 602 g/mol. The van der Waals surface area contributed by atoms with Crippen LogP contribution in [0, 0.1) is 0 Å². The summed E-state index contributed by atoms with van der Waals surface area (Å²) in [5, 5.41) is 0. The van der Waals surface area contributed by atoms with Crippen LogP contribution in [0.15, 0.2) is 121 Å². The fourth-order valence-corrected chi connectivity index (χ4v) is 5.31. The second-order valence-corrected chi connectivity index (χ2v) is 11.2. The van der Waals surface area contributed by atoms with Crippen LogP contribution in [0.2, 0.25) is 0 Å². The number of hydrogen-bond donors (Lipinski definition) is 2. The van der Waals surface area contributed by atoms with Gasteiger partial charge in [-0.25, -0.2) is 9.13 Å². The molecule has 0 spiro atoms. The zero-order valence-electron chi connectivity index (χ0n) is 23.0. The molecule has 0 aliphatic heterocycles. The van der Waals surface area contributed by atoms with Gasteiger partial charge in [0.15, 0.2) is 0 Å². The number of unbranched alkanes of at least 4 members (excludes halogenated alkanes) is 3. The molecular weight excluding hydrogens is 564 g/mol. The van der Waals surface area contributed by atoms with Gasteiger partial charge in [0.25, 0.3) is 0 Å². The van der Waals surface area contributed by atoms with E-state index in [2.05, 4.69) is 6.92 Å². The highest BCUT2D eigenvalue weighted by molar-refractivity contribution is 7.49. The first-order chi connectivity index (χ1) is 19.4. The smallest absolute Gasteiger partial charge is 0.395 e. The van der Waals surface area contributed by atoms with Crippen molar-refractivity contribution in [3.63, 3.8) is 0 Å². The van der Waals surface area contributed by atoms with E-state index in [0.29, 0.717) is 18.1 Å². The van der Waals surface area contributed by atoms with Crippen LogP contribution in [-0.2, 0) is 13.7 Å². The number of para-hydroxylation sites is 4. The molecule has 0 saturated heterocycles. The normalized spacial score (nSPS) is 10.8. The Morgan fingerprint density at radius 3 is 1.22 bits per heavy atom. The molecule has 220 valence electrons. The standard InChI is InChI=1S/C18H23O4P.C12H11O4P.H3N/c1-2-3-4-11-16-20-23(19,21-17-12-7-5-8-13-17)22-18-14-9-6-10-15-18;13-17(14,15-11-7-3-1-4-8-11)16-12-9-5-2-6-10-12;/h5-10,12-15H,2-4,11,16H2,1H3;1-10H,(H,13,14);1H3. The highest BCUT2D eigenvalue weighted by Gasteiger charge is 2.30. The average Bonchev–Trinajstić information content (AvgIpc) is 2.95. The van der Waals surface area contributed by atoms with E-state index in [1.54, 1.807) is 84.9 Å². The van der Waals surface area contributed by atoms with Crippen LogP contribution in [0.4, 0.5) is 0 Å². The molecular formula is C30H37NO8P2. The SMILES string of the molecule is CCCCCCOP(=O)(Oc1ccccc1)Oc1ccccc1.N.O=P(O)(Oc1ccccc1)Oc1ccccc1. The maximum absolute atomic E-state index is 12.9. The molecule has 4 aromatic rings. The molecule has 0 aromatic heterocycles. The molecule has 11 heteroatoms. The molecule has 4 N–H and O–H groups in total. The molecule has 0 saturated carbocycles. The van der Waals surface area contributed by atoms with Gasteiger partial charge in [-0.1, -0.05) is 99.0 Å². The van der Waals surface area contributed by atoms with Gasteiger partial charge >= 0.3 is 15.6 Å². The van der Waals surface area contributed by atoms with E-state index in [-0.39, 0.29) is 17.6 Å². The summed E-state index contributed by atoms with van der Waals surface area (Å²) >= 11 is 0. The summed E-state index contributed by atoms with van der Waals surface area (Å²) in [6, 6.07) is 34.6. The van der Waals surface area contributed by atoms with Crippen molar-refractivity contribution in [2.24, 2.45) is 0 Å². The van der Waals surface area contributed by atoms with E-state index in [1.165, 1.54) is 0 Å². The minimum atomic E-state index is -4.14. The van der Waals surface area contributed by atoms with Gasteiger partial charge in [-0.3, -0.25) is 9.42 Å². The van der Waals surface area contributed by atoms with Gasteiger partial charge in [-0.2, -0.15) is 0 Å². The summed E-state index contributed by atoms with van der Waals surface area (Å²) in [5.41, 5.74) is 0. The molecule has 0 aliphatic rings. The van der Waals surface area contributed by atoms with Crippen LogP contribution < -0.4 is 24.2 Å². The number of rotatable bonds is 14. The second kappa shape index (κ2) is 18.0. The zero-order chi connectivity index (χ0) is 28.5. The van der Waals surface area contributed by atoms with E-state index in [4.69, 9.17) is 22.6 Å². The summed E-state index contributed by atoms with van der Waals surface area (Å²) < 4.78 is 50.9. The fourth-order valence-electron chi connectivity index (χ4n) is 3.25. The molecule has 9 nitrogen and oxygen atoms in total. The summed E-state index contributed by atoms with van der Waals surface area (Å²) in [6.07, 6.45) is 4.13. The Labute approximate surface area is 241 Å². The highest BCUT2D eigenvalue weighted by atomic mass is 31.2. The molecule has 4 aromatic carbocycles. The van der Waals surface area contributed by atoms with Gasteiger partial charge in [0.2, 0.25) is 0 Å². The second-order valence-electron chi connectivity index (χ2n) is 8.43. The quantitative estimate of drug-likeness (QED) is 0.107. The van der Waals surface area contributed by atoms with E-state index in [1.807, 2.05) is 36.4 Å². The number of phosphoric ester groups is 2. The van der Waals surface area contributed by atoms with E-state index >= 15 is 0 Å². The maximum atomic E-state index is 12.9. The van der Waals surface area contributed by atoms with Crippen LogP contribution in [-0.4, -0.2) is 11.5 Å². The molecule has 0 aliphatic carbocycles. The van der Waals surface area contributed by atoms with Crippen LogP contribution in [0.25, 0.3) is 0 Å². The van der Waals surface area contributed by atoms with Crippen molar-refractivity contribution < 1.29 is 36.6 Å². The molecule has 4 rings (SSSR count). The first kappa shape index (κ1) is 33.6. The molecule has 0 amide bonds. The predicted octanol–water partition coefficient (Wildman–Crippen LogP) is 9.26. The minimum Gasteiger partial charge on any atom is -0.395 e. The first-order valence-electron chi connectivity index (χ1n) is 12.9. The third-order valence-corrected chi connectivity index (χ3v) is 7.35. The molecule has 0 bridgehead atoms. The van der Waals surface area contributed by atoms with Gasteiger partial charge in [-0.05, 0) is 55.0 Å². The van der Waals surface area contributed by atoms with Crippen molar-refractivity contribution in [2.45, 2.75) is 32.6 Å². The Bertz CT molecular complexity index is 1240. The van der Waals surface area contributed by atoms with Crippen LogP contribution >= 0.6 is 15.6 Å². The monoisotopic (exact) mass is 601 g/mol. The van der Waals surface area contributed by atoms with Gasteiger partial charge in [0.05, 0.1) is 6.61 Å². The Morgan fingerprint density at radius 2 is 0.878 bits per heavy atom. The lowest BCUT2D eigenvalue weighted by Crippen LogP contribution is -2.06. The van der Waals surface area contributed by atoms with Crippen molar-refractivity contribution in [2.75, 3.05) is 6.61 Å². The number of hydrogen-bond acceptors (Lipinski definition) is 8. The molecule has 0 unspecified atom stereocenters. The highest BCUT2D eigenvalue weighted by Crippen LogP contribution is 2.49. The van der Waals surface area contributed by atoms with E-state index < -0.39 is 15.6 Å². The summed E-state index contributed by atoms with van der Waals surface area (Å²) in [4.78, 5) is 9.53. The summed E-state index contributed by atoms with van der Waals surface area (Å²) in [7, 11) is -7.85. The first-order valence-corrected chi connectivity index (χ1v) is 15.9. The summed E-state index contributed by atoms with van der Waals surface area (Å²) in [5.74, 6) is 1.49. The van der Waals surface area contributed by atoms with Crippen molar-refractivity contribution in [1.82, 2.24) is 6.15 Å². The van der Waals surface area contributed by atoms with Crippen LogP contribution in [0.5, 0.6) is 23.0 Å². The van der Waals surface area contributed by atoms with Gasteiger partial charge in [0, 0.05) is 0 Å². The number of benzene rings is 4. The molecule has 41 heavy (non-hydrogen) atoms. The Balaban J connectivity index is 0.000000292. The van der Waals surface area contributed by atoms with Gasteiger partial charge in [0.1, 0.15) is 23.0 Å². The largest absolute Gasteiger partial charge is 0.587 e. The van der Waals surface area contributed by atoms with Crippen molar-refractivity contribution in [3.05, 3.63) is 121 Å². The lowest BCUT2D eigenvalue weighted by atomic mass is 10.2. The van der Waals surface area contributed by atoms with Crippen molar-refractivity contribution >= 4 is 15.6 Å². The molecule has 0 atom stereocenters. The lowest BCUT2D eigenvalue weighted by Gasteiger charge is -2.19. The van der Waals surface area contributed by atoms with Gasteiger partial charge in [-0.15, -0.1) is 0 Å². The Hall–Kier alpha value is -3.58. The molecule has 0 fully saturated rings. The van der Waals surface area contributed by atoms with E-state index in [9.17, 15) is 14.0 Å². The Kier molecular flexibility index (Phi) is 14.7.